The van der Waals surface area contributed by atoms with Crippen molar-refractivity contribution in [3.63, 3.8) is 0 Å². The fourth-order valence-corrected chi connectivity index (χ4v) is 4.28. The third kappa shape index (κ3) is 6.98. The van der Waals surface area contributed by atoms with Gasteiger partial charge in [-0.15, -0.1) is 0 Å². The maximum absolute atomic E-state index is 13.2. The van der Waals surface area contributed by atoms with Crippen LogP contribution in [0.1, 0.15) is 24.1 Å². The number of aliphatic carboxylic acids is 1. The first-order valence-corrected chi connectivity index (χ1v) is 12.1. The molecule has 2 aromatic rings. The number of hydrogen-bond donors (Lipinski definition) is 7. The smallest absolute Gasteiger partial charge is 0.326 e. The van der Waals surface area contributed by atoms with Crippen LogP contribution in [-0.2, 0) is 32.0 Å². The normalized spacial score (nSPS) is 17.7. The zero-order valence-electron chi connectivity index (χ0n) is 19.5. The molecule has 4 atom stereocenters. The predicted octanol–water partition coefficient (Wildman–Crippen LogP) is -0.797. The molecule has 7 N–H and O–H groups in total. The van der Waals surface area contributed by atoms with Crippen LogP contribution in [0.3, 0.4) is 0 Å². The number of carboxylic acid groups (broad SMARTS) is 1. The van der Waals surface area contributed by atoms with Crippen molar-refractivity contribution in [1.82, 2.24) is 25.5 Å². The molecule has 36 heavy (non-hydrogen) atoms. The molecule has 0 spiro atoms. The molecule has 13 heteroatoms. The number of benzene rings is 1. The largest absolute Gasteiger partial charge is 0.508 e. The number of H-pyrrole nitrogens is 1. The molecule has 1 saturated heterocycles. The highest BCUT2D eigenvalue weighted by atomic mass is 32.1. The molecule has 0 aliphatic carbocycles. The first-order valence-electron chi connectivity index (χ1n) is 11.4. The number of rotatable bonds is 11. The summed E-state index contributed by atoms with van der Waals surface area (Å²) in [5.41, 5.74) is 7.24. The summed E-state index contributed by atoms with van der Waals surface area (Å²) in [6, 6.07) is 1.97. The lowest BCUT2D eigenvalue weighted by molar-refractivity contribution is -0.144. The van der Waals surface area contributed by atoms with Gasteiger partial charge in [-0.25, -0.2) is 9.78 Å². The second-order valence-electron chi connectivity index (χ2n) is 8.59. The number of nitrogens with two attached hydrogens (primary N) is 1. The Labute approximate surface area is 213 Å². The third-order valence-electron chi connectivity index (χ3n) is 5.96. The molecule has 12 nitrogen and oxygen atoms in total. The summed E-state index contributed by atoms with van der Waals surface area (Å²) in [7, 11) is 0. The van der Waals surface area contributed by atoms with Crippen LogP contribution >= 0.6 is 12.6 Å². The Hall–Kier alpha value is -3.58. The SMILES string of the molecule is NC(Cc1cnc[nH]1)C(=O)NC(CS)C(=O)N1CCCC1C(=O)NC(Cc1ccc(O)cc1)C(=O)O. The van der Waals surface area contributed by atoms with Gasteiger partial charge in [0.25, 0.3) is 0 Å². The Morgan fingerprint density at radius 2 is 1.89 bits per heavy atom. The van der Waals surface area contributed by atoms with E-state index in [1.54, 1.807) is 18.3 Å². The van der Waals surface area contributed by atoms with E-state index in [9.17, 15) is 29.4 Å². The van der Waals surface area contributed by atoms with Crippen LogP contribution in [-0.4, -0.2) is 85.2 Å². The molecule has 0 bridgehead atoms. The van der Waals surface area contributed by atoms with Crippen LogP contribution in [0, 0.1) is 0 Å². The first kappa shape index (κ1) is 27.0. The zero-order chi connectivity index (χ0) is 26.2. The number of aromatic nitrogens is 2. The summed E-state index contributed by atoms with van der Waals surface area (Å²) < 4.78 is 0. The topological polar surface area (TPSA) is 191 Å². The molecular formula is C23H30N6O6S. The molecule has 0 radical (unpaired) electrons. The maximum atomic E-state index is 13.2. The second-order valence-corrected chi connectivity index (χ2v) is 8.96. The standard InChI is InChI=1S/C23H30N6O6S/c24-16(9-14-10-25-12-26-14)20(31)28-18(11-36)22(33)29-7-1-2-19(29)21(32)27-17(23(34)35)8-13-3-5-15(30)6-4-13/h3-6,10,12,16-19,30,36H,1-2,7-9,11,24H2,(H,25,26)(H,27,32)(H,28,31)(H,34,35). The highest BCUT2D eigenvalue weighted by Gasteiger charge is 2.38. The first-order chi connectivity index (χ1) is 17.2. The van der Waals surface area contributed by atoms with Gasteiger partial charge in [0.05, 0.1) is 12.4 Å². The van der Waals surface area contributed by atoms with Gasteiger partial charge in [-0.1, -0.05) is 12.1 Å². The number of thiol groups is 1. The lowest BCUT2D eigenvalue weighted by atomic mass is 10.0. The number of carboxylic acids is 1. The van der Waals surface area contributed by atoms with E-state index in [1.165, 1.54) is 23.4 Å². The number of aromatic hydroxyl groups is 1. The van der Waals surface area contributed by atoms with Crippen LogP contribution in [0.25, 0.3) is 0 Å². The predicted molar refractivity (Wildman–Crippen MR) is 132 cm³/mol. The molecule has 1 aliphatic heterocycles. The van der Waals surface area contributed by atoms with Gasteiger partial charge in [-0.05, 0) is 30.5 Å². The number of aromatic amines is 1. The number of likely N-dealkylation sites (tertiary alicyclic amines) is 1. The molecule has 1 aromatic carbocycles. The van der Waals surface area contributed by atoms with Gasteiger partial charge >= 0.3 is 5.97 Å². The third-order valence-corrected chi connectivity index (χ3v) is 6.32. The second kappa shape index (κ2) is 12.4. The van der Waals surface area contributed by atoms with Crippen molar-refractivity contribution < 1.29 is 29.4 Å². The minimum absolute atomic E-state index is 0.00552. The molecular weight excluding hydrogens is 488 g/mol. The highest BCUT2D eigenvalue weighted by molar-refractivity contribution is 7.80. The number of nitrogens with one attached hydrogen (secondary N) is 3. The average molecular weight is 519 g/mol. The van der Waals surface area contributed by atoms with Gasteiger partial charge in [0.15, 0.2) is 0 Å². The lowest BCUT2D eigenvalue weighted by Crippen LogP contribution is -2.57. The number of phenols is 1. The number of imidazole rings is 1. The number of hydrogen-bond acceptors (Lipinski definition) is 8. The fourth-order valence-electron chi connectivity index (χ4n) is 4.03. The molecule has 1 aromatic heterocycles. The van der Waals surface area contributed by atoms with Crippen LogP contribution in [0.15, 0.2) is 36.8 Å². The minimum Gasteiger partial charge on any atom is -0.508 e. The number of nitrogens with zero attached hydrogens (tertiary/aromatic N) is 2. The van der Waals surface area contributed by atoms with E-state index in [1.807, 2.05) is 0 Å². The van der Waals surface area contributed by atoms with Crippen LogP contribution in [0.4, 0.5) is 0 Å². The van der Waals surface area contributed by atoms with E-state index in [4.69, 9.17) is 5.73 Å². The molecule has 0 saturated carbocycles. The summed E-state index contributed by atoms with van der Waals surface area (Å²) in [6.45, 7) is 0.285. The fraction of sp³-hybridized carbons (Fsp3) is 0.435. The monoisotopic (exact) mass is 518 g/mol. The quantitative estimate of drug-likeness (QED) is 0.188. The highest BCUT2D eigenvalue weighted by Crippen LogP contribution is 2.20. The van der Waals surface area contributed by atoms with Crippen LogP contribution in [0.5, 0.6) is 5.75 Å². The average Bonchev–Trinajstić information content (AvgIpc) is 3.55. The van der Waals surface area contributed by atoms with E-state index in [-0.39, 0.29) is 30.9 Å². The van der Waals surface area contributed by atoms with E-state index in [0.29, 0.717) is 24.1 Å². The van der Waals surface area contributed by atoms with E-state index < -0.39 is 47.9 Å². The van der Waals surface area contributed by atoms with Gasteiger partial charge in [-0.3, -0.25) is 14.4 Å². The summed E-state index contributed by atoms with van der Waals surface area (Å²) in [5.74, 6) is -2.81. The summed E-state index contributed by atoms with van der Waals surface area (Å²) in [6.07, 6.45) is 4.13. The van der Waals surface area contributed by atoms with Crippen molar-refractivity contribution >= 4 is 36.3 Å². The molecule has 3 amide bonds. The summed E-state index contributed by atoms with van der Waals surface area (Å²) in [4.78, 5) is 58.6. The Balaban J connectivity index is 1.62. The summed E-state index contributed by atoms with van der Waals surface area (Å²) >= 11 is 4.19. The summed E-state index contributed by atoms with van der Waals surface area (Å²) in [5, 5.41) is 24.1. The van der Waals surface area contributed by atoms with Gasteiger partial charge < -0.3 is 36.5 Å². The number of carbonyl (C=O) groups is 4. The van der Waals surface area contributed by atoms with Gasteiger partial charge in [0.2, 0.25) is 17.7 Å². The number of carbonyl (C=O) groups excluding carboxylic acids is 3. The van der Waals surface area contributed by atoms with Crippen molar-refractivity contribution in [2.75, 3.05) is 12.3 Å². The van der Waals surface area contributed by atoms with Gasteiger partial charge in [0, 0.05) is 37.0 Å². The van der Waals surface area contributed by atoms with Crippen molar-refractivity contribution in [1.29, 1.82) is 0 Å². The molecule has 1 fully saturated rings. The van der Waals surface area contributed by atoms with Crippen LogP contribution < -0.4 is 16.4 Å². The maximum Gasteiger partial charge on any atom is 0.326 e. The zero-order valence-corrected chi connectivity index (χ0v) is 20.4. The number of phenolic OH excluding ortho intramolecular Hbond substituents is 1. The molecule has 2 heterocycles. The van der Waals surface area contributed by atoms with Gasteiger partial charge in [-0.2, -0.15) is 12.6 Å². The van der Waals surface area contributed by atoms with Crippen molar-refractivity contribution in [2.24, 2.45) is 5.73 Å². The molecule has 4 unspecified atom stereocenters. The Morgan fingerprint density at radius 3 is 2.50 bits per heavy atom. The van der Waals surface area contributed by atoms with Crippen molar-refractivity contribution in [3.05, 3.63) is 48.0 Å². The van der Waals surface area contributed by atoms with E-state index in [2.05, 4.69) is 33.2 Å². The molecule has 3 rings (SSSR count). The minimum atomic E-state index is -1.22. The van der Waals surface area contributed by atoms with E-state index >= 15 is 0 Å². The Bertz CT molecular complexity index is 1060. The van der Waals surface area contributed by atoms with E-state index in [0.717, 1.165) is 0 Å². The number of amides is 3. The Morgan fingerprint density at radius 1 is 1.17 bits per heavy atom. The Kier molecular flexibility index (Phi) is 9.31. The molecule has 194 valence electrons. The van der Waals surface area contributed by atoms with Gasteiger partial charge in [0.1, 0.15) is 23.9 Å². The lowest BCUT2D eigenvalue weighted by Gasteiger charge is -2.29. The van der Waals surface area contributed by atoms with Crippen molar-refractivity contribution in [2.45, 2.75) is 49.9 Å². The molecule has 1 aliphatic rings. The van der Waals surface area contributed by atoms with Crippen molar-refractivity contribution in [3.8, 4) is 5.75 Å². The van der Waals surface area contributed by atoms with Crippen LogP contribution in [0.2, 0.25) is 0 Å².